The van der Waals surface area contributed by atoms with E-state index in [9.17, 15) is 0 Å². The minimum atomic E-state index is 0.831. The first-order chi connectivity index (χ1) is 5.38. The number of ether oxygens (including phenoxy) is 1. The van der Waals surface area contributed by atoms with E-state index in [0.29, 0.717) is 0 Å². The van der Waals surface area contributed by atoms with Gasteiger partial charge in [0.25, 0.3) is 0 Å². The quantitative estimate of drug-likeness (QED) is 0.525. The van der Waals surface area contributed by atoms with E-state index in [1.165, 1.54) is 25.7 Å². The summed E-state index contributed by atoms with van der Waals surface area (Å²) in [6.45, 7) is 1.86. The molecule has 2 atom stereocenters. The highest BCUT2D eigenvalue weighted by Gasteiger charge is 2.31. The monoisotopic (exact) mass is 155 g/mol. The van der Waals surface area contributed by atoms with Crippen molar-refractivity contribution in [2.75, 3.05) is 20.4 Å². The van der Waals surface area contributed by atoms with Crippen LogP contribution in [0.4, 0.5) is 0 Å². The zero-order valence-electron chi connectivity index (χ0n) is 7.25. The van der Waals surface area contributed by atoms with E-state index in [0.717, 1.165) is 25.3 Å². The maximum Gasteiger partial charge on any atom is 0.0990 e. The van der Waals surface area contributed by atoms with Crippen LogP contribution in [0.25, 0.3) is 0 Å². The van der Waals surface area contributed by atoms with Crippen LogP contribution in [0.3, 0.4) is 0 Å². The SMILES string of the molecule is CN1COC[C@@H]2CCCC[C@@H]21. The van der Waals surface area contributed by atoms with Crippen molar-refractivity contribution >= 4 is 0 Å². The van der Waals surface area contributed by atoms with Gasteiger partial charge in [-0.25, -0.2) is 0 Å². The molecule has 1 heterocycles. The van der Waals surface area contributed by atoms with Crippen molar-refractivity contribution in [3.8, 4) is 0 Å². The molecule has 0 spiro atoms. The highest BCUT2D eigenvalue weighted by Crippen LogP contribution is 2.30. The lowest BCUT2D eigenvalue weighted by atomic mass is 9.84. The van der Waals surface area contributed by atoms with Crippen molar-refractivity contribution in [3.05, 3.63) is 0 Å². The molecule has 0 radical (unpaired) electrons. The van der Waals surface area contributed by atoms with Gasteiger partial charge in [0.2, 0.25) is 0 Å². The third kappa shape index (κ3) is 1.42. The zero-order valence-corrected chi connectivity index (χ0v) is 7.25. The second-order valence-electron chi connectivity index (χ2n) is 3.87. The zero-order chi connectivity index (χ0) is 7.68. The molecule has 0 amide bonds. The Morgan fingerprint density at radius 3 is 2.91 bits per heavy atom. The third-order valence-electron chi connectivity index (χ3n) is 3.06. The Labute approximate surface area is 68.5 Å². The normalized spacial score (nSPS) is 40.1. The first kappa shape index (κ1) is 7.56. The topological polar surface area (TPSA) is 12.5 Å². The Bertz CT molecular complexity index is 136. The van der Waals surface area contributed by atoms with Gasteiger partial charge in [-0.1, -0.05) is 12.8 Å². The maximum absolute atomic E-state index is 5.48. The van der Waals surface area contributed by atoms with E-state index in [1.54, 1.807) is 0 Å². The molecule has 1 saturated heterocycles. The highest BCUT2D eigenvalue weighted by atomic mass is 16.5. The van der Waals surface area contributed by atoms with E-state index in [1.807, 2.05) is 0 Å². The summed E-state index contributed by atoms with van der Waals surface area (Å²) < 4.78 is 5.48. The molecule has 0 aromatic heterocycles. The molecule has 11 heavy (non-hydrogen) atoms. The predicted molar refractivity (Wildman–Crippen MR) is 44.3 cm³/mol. The van der Waals surface area contributed by atoms with Gasteiger partial charge in [-0.05, 0) is 25.8 Å². The smallest absolute Gasteiger partial charge is 0.0990 e. The summed E-state index contributed by atoms with van der Waals surface area (Å²) in [4.78, 5) is 2.37. The first-order valence-corrected chi connectivity index (χ1v) is 4.66. The van der Waals surface area contributed by atoms with Crippen molar-refractivity contribution in [1.29, 1.82) is 0 Å². The van der Waals surface area contributed by atoms with E-state index in [4.69, 9.17) is 4.74 Å². The molecular weight excluding hydrogens is 138 g/mol. The molecule has 0 aromatic carbocycles. The average molecular weight is 155 g/mol. The van der Waals surface area contributed by atoms with Gasteiger partial charge < -0.3 is 4.74 Å². The van der Waals surface area contributed by atoms with Crippen LogP contribution < -0.4 is 0 Å². The summed E-state index contributed by atoms with van der Waals surface area (Å²) in [6, 6.07) is 0.831. The number of hydrogen-bond donors (Lipinski definition) is 0. The van der Waals surface area contributed by atoms with Crippen LogP contribution in [-0.4, -0.2) is 31.3 Å². The van der Waals surface area contributed by atoms with Gasteiger partial charge in [0, 0.05) is 6.04 Å². The molecule has 1 aliphatic heterocycles. The summed E-state index contributed by atoms with van der Waals surface area (Å²) in [5, 5.41) is 0. The molecule has 0 bridgehead atoms. The van der Waals surface area contributed by atoms with Crippen molar-refractivity contribution in [1.82, 2.24) is 4.90 Å². The molecule has 1 saturated carbocycles. The van der Waals surface area contributed by atoms with E-state index in [-0.39, 0.29) is 0 Å². The van der Waals surface area contributed by atoms with Gasteiger partial charge in [-0.2, -0.15) is 0 Å². The fourth-order valence-electron chi connectivity index (χ4n) is 2.41. The Kier molecular flexibility index (Phi) is 2.14. The fraction of sp³-hybridized carbons (Fsp3) is 1.00. The van der Waals surface area contributed by atoms with Crippen molar-refractivity contribution < 1.29 is 4.74 Å². The number of fused-ring (bicyclic) bond motifs is 1. The van der Waals surface area contributed by atoms with Crippen LogP contribution in [0.1, 0.15) is 25.7 Å². The summed E-state index contributed by atoms with van der Waals surface area (Å²) in [6.07, 6.45) is 5.61. The van der Waals surface area contributed by atoms with Crippen molar-refractivity contribution in [2.24, 2.45) is 5.92 Å². The van der Waals surface area contributed by atoms with E-state index < -0.39 is 0 Å². The molecule has 2 fully saturated rings. The van der Waals surface area contributed by atoms with E-state index >= 15 is 0 Å². The second kappa shape index (κ2) is 3.11. The summed E-state index contributed by atoms with van der Waals surface area (Å²) >= 11 is 0. The number of hydrogen-bond acceptors (Lipinski definition) is 2. The molecule has 0 N–H and O–H groups in total. The minimum absolute atomic E-state index is 0.831. The van der Waals surface area contributed by atoms with Gasteiger partial charge in [0.15, 0.2) is 0 Å². The largest absolute Gasteiger partial charge is 0.366 e. The lowest BCUT2D eigenvalue weighted by Crippen LogP contribution is -2.47. The second-order valence-corrected chi connectivity index (χ2v) is 3.87. The van der Waals surface area contributed by atoms with Crippen LogP contribution in [0.5, 0.6) is 0 Å². The Morgan fingerprint density at radius 2 is 2.09 bits per heavy atom. The fourth-order valence-corrected chi connectivity index (χ4v) is 2.41. The lowest BCUT2D eigenvalue weighted by molar-refractivity contribution is -0.0831. The van der Waals surface area contributed by atoms with E-state index in [2.05, 4.69) is 11.9 Å². The molecule has 2 aliphatic rings. The molecule has 2 nitrogen and oxygen atoms in total. The van der Waals surface area contributed by atoms with Crippen LogP contribution in [0.2, 0.25) is 0 Å². The maximum atomic E-state index is 5.48. The lowest BCUT2D eigenvalue weighted by Gasteiger charge is -2.41. The first-order valence-electron chi connectivity index (χ1n) is 4.66. The molecule has 0 aromatic rings. The van der Waals surface area contributed by atoms with Gasteiger partial charge >= 0.3 is 0 Å². The van der Waals surface area contributed by atoms with Crippen molar-refractivity contribution in [3.63, 3.8) is 0 Å². The minimum Gasteiger partial charge on any atom is -0.366 e. The van der Waals surface area contributed by atoms with Gasteiger partial charge in [0.05, 0.1) is 13.3 Å². The molecule has 0 unspecified atom stereocenters. The third-order valence-corrected chi connectivity index (χ3v) is 3.06. The molecular formula is C9H17NO. The average Bonchev–Trinajstić information content (AvgIpc) is 2.06. The van der Waals surface area contributed by atoms with Gasteiger partial charge in [0.1, 0.15) is 0 Å². The summed E-state index contributed by atoms with van der Waals surface area (Å²) in [5.41, 5.74) is 0. The predicted octanol–water partition coefficient (Wildman–Crippen LogP) is 1.46. The Hall–Kier alpha value is -0.0800. The van der Waals surface area contributed by atoms with Gasteiger partial charge in [-0.15, -0.1) is 0 Å². The summed E-state index contributed by atoms with van der Waals surface area (Å²) in [7, 11) is 2.18. The van der Waals surface area contributed by atoms with Crippen LogP contribution >= 0.6 is 0 Å². The molecule has 64 valence electrons. The molecule has 2 heteroatoms. The molecule has 1 aliphatic carbocycles. The van der Waals surface area contributed by atoms with Crippen molar-refractivity contribution in [2.45, 2.75) is 31.7 Å². The Morgan fingerprint density at radius 1 is 1.27 bits per heavy atom. The highest BCUT2D eigenvalue weighted by molar-refractivity contribution is 4.83. The Balaban J connectivity index is 1.99. The van der Waals surface area contributed by atoms with Crippen LogP contribution in [0.15, 0.2) is 0 Å². The molecule has 2 rings (SSSR count). The number of nitrogens with zero attached hydrogens (tertiary/aromatic N) is 1. The standard InChI is InChI=1S/C9H17NO/c1-10-7-11-6-8-4-2-3-5-9(8)10/h8-9H,2-7H2,1H3/t8-,9-/m0/s1. The van der Waals surface area contributed by atoms with Crippen LogP contribution in [0, 0.1) is 5.92 Å². The van der Waals surface area contributed by atoms with Crippen LogP contribution in [-0.2, 0) is 4.74 Å². The summed E-state index contributed by atoms with van der Waals surface area (Å²) in [5.74, 6) is 0.836. The number of rotatable bonds is 0. The van der Waals surface area contributed by atoms with Gasteiger partial charge in [-0.3, -0.25) is 4.90 Å².